The summed E-state index contributed by atoms with van der Waals surface area (Å²) in [6, 6.07) is 4.88. The van der Waals surface area contributed by atoms with Crippen LogP contribution in [0.15, 0.2) is 6.07 Å². The van der Waals surface area contributed by atoms with E-state index in [9.17, 15) is 5.26 Å². The van der Waals surface area contributed by atoms with Crippen molar-refractivity contribution in [3.8, 4) is 6.07 Å². The van der Waals surface area contributed by atoms with Gasteiger partial charge in [-0.05, 0) is 64.3 Å². The first kappa shape index (κ1) is 20.0. The van der Waals surface area contributed by atoms with Crippen molar-refractivity contribution in [1.29, 1.82) is 5.26 Å². The van der Waals surface area contributed by atoms with Gasteiger partial charge in [-0.3, -0.25) is 0 Å². The summed E-state index contributed by atoms with van der Waals surface area (Å²) in [5, 5.41) is 9.43. The maximum absolute atomic E-state index is 9.43. The Morgan fingerprint density at radius 3 is 2.39 bits per heavy atom. The van der Waals surface area contributed by atoms with Crippen LogP contribution in [0.3, 0.4) is 0 Å². The molecular weight excluding hydrogens is 331 g/mol. The van der Waals surface area contributed by atoms with Crippen LogP contribution >= 0.6 is 24.8 Å². The Kier molecular flexibility index (Phi) is 6.70. The molecule has 0 radical (unpaired) electrons. The van der Waals surface area contributed by atoms with Crippen LogP contribution in [0.1, 0.15) is 29.7 Å². The van der Waals surface area contributed by atoms with Gasteiger partial charge in [-0.25, -0.2) is 4.98 Å². The summed E-state index contributed by atoms with van der Waals surface area (Å²) in [6.07, 6.45) is 2.74. The Bertz CT molecular complexity index is 583. The molecule has 23 heavy (non-hydrogen) atoms. The molecule has 3 rings (SSSR count). The lowest BCUT2D eigenvalue weighted by Crippen LogP contribution is -2.36. The lowest BCUT2D eigenvalue weighted by molar-refractivity contribution is 0.238. The first-order valence-electron chi connectivity index (χ1n) is 7.81. The summed E-state index contributed by atoms with van der Waals surface area (Å²) in [7, 11) is 4.34. The summed E-state index contributed by atoms with van der Waals surface area (Å²) < 4.78 is 0. The highest BCUT2D eigenvalue weighted by Crippen LogP contribution is 2.43. The van der Waals surface area contributed by atoms with Crippen LogP contribution in [0.2, 0.25) is 0 Å². The van der Waals surface area contributed by atoms with Crippen LogP contribution in [-0.4, -0.2) is 43.1 Å². The van der Waals surface area contributed by atoms with Gasteiger partial charge in [0.05, 0.1) is 5.56 Å². The van der Waals surface area contributed by atoms with E-state index in [1.165, 1.54) is 12.8 Å². The average Bonchev–Trinajstić information content (AvgIpc) is 3.20. The van der Waals surface area contributed by atoms with E-state index in [1.807, 2.05) is 19.9 Å². The normalized spacial score (nSPS) is 23.2. The molecule has 1 saturated carbocycles. The molecule has 0 unspecified atom stereocenters. The number of nitrogens with zero attached hydrogens (tertiary/aromatic N) is 4. The molecule has 0 N–H and O–H groups in total. The minimum Gasteiger partial charge on any atom is -0.354 e. The zero-order chi connectivity index (χ0) is 15.1. The van der Waals surface area contributed by atoms with E-state index in [4.69, 9.17) is 4.98 Å². The molecule has 0 aromatic carbocycles. The highest BCUT2D eigenvalue weighted by atomic mass is 35.5. The Labute approximate surface area is 151 Å². The Balaban J connectivity index is 0.00000132. The van der Waals surface area contributed by atoms with Crippen molar-refractivity contribution >= 4 is 30.6 Å². The maximum Gasteiger partial charge on any atom is 0.146 e. The molecule has 0 spiro atoms. The molecule has 2 aliphatic rings. The number of halogens is 2. The summed E-state index contributed by atoms with van der Waals surface area (Å²) in [5.74, 6) is 2.48. The predicted molar refractivity (Wildman–Crippen MR) is 98.8 cm³/mol. The third kappa shape index (κ3) is 3.91. The fourth-order valence-electron chi connectivity index (χ4n) is 3.53. The Morgan fingerprint density at radius 1 is 1.22 bits per heavy atom. The fraction of sp³-hybridized carbons (Fsp3) is 0.647. The number of hydrogen-bond acceptors (Lipinski definition) is 4. The molecule has 128 valence electrons. The second kappa shape index (κ2) is 7.70. The molecule has 6 heteroatoms. The summed E-state index contributed by atoms with van der Waals surface area (Å²) in [6.45, 7) is 6.07. The molecule has 0 amide bonds. The highest BCUT2D eigenvalue weighted by molar-refractivity contribution is 5.85. The largest absolute Gasteiger partial charge is 0.354 e. The van der Waals surface area contributed by atoms with E-state index >= 15 is 0 Å². The van der Waals surface area contributed by atoms with Crippen molar-refractivity contribution in [2.75, 3.05) is 32.1 Å². The number of aromatic nitrogens is 1. The quantitative estimate of drug-likeness (QED) is 0.833. The number of rotatable bonds is 3. The molecule has 1 aromatic heterocycles. The molecule has 0 bridgehead atoms. The zero-order valence-corrected chi connectivity index (χ0v) is 15.9. The minimum atomic E-state index is 0. The Morgan fingerprint density at radius 2 is 1.87 bits per heavy atom. The van der Waals surface area contributed by atoms with Gasteiger partial charge in [0.15, 0.2) is 0 Å². The zero-order valence-electron chi connectivity index (χ0n) is 14.2. The van der Waals surface area contributed by atoms with Crippen molar-refractivity contribution < 1.29 is 0 Å². The molecule has 1 aliphatic carbocycles. The number of anilines is 1. The Hall–Kier alpha value is -1.02. The summed E-state index contributed by atoms with van der Waals surface area (Å²) in [5.41, 5.74) is 2.84. The molecule has 4 nitrogen and oxygen atoms in total. The van der Waals surface area contributed by atoms with E-state index in [0.29, 0.717) is 11.6 Å². The van der Waals surface area contributed by atoms with E-state index in [-0.39, 0.29) is 24.8 Å². The monoisotopic (exact) mass is 356 g/mol. The van der Waals surface area contributed by atoms with Gasteiger partial charge in [0.2, 0.25) is 0 Å². The molecule has 1 saturated heterocycles. The number of hydrogen-bond donors (Lipinski definition) is 0. The smallest absolute Gasteiger partial charge is 0.146 e. The molecule has 1 aromatic rings. The van der Waals surface area contributed by atoms with Gasteiger partial charge in [-0.1, -0.05) is 0 Å². The lowest BCUT2D eigenvalue weighted by Gasteiger charge is -2.24. The first-order valence-corrected chi connectivity index (χ1v) is 7.81. The standard InChI is InChI=1S/C17H24N4.2ClH/c1-11-7-14(8-18)17(19-12(11)2)21-9-15(13-5-6-13)16(10-21)20(3)4;;/h7,13,15-16H,5-6,9-10H2,1-4H3;2*1H/t15-,16+;;/m1../s1. The number of pyridine rings is 1. The molecule has 2 fully saturated rings. The molecule has 2 heterocycles. The fourth-order valence-corrected chi connectivity index (χ4v) is 3.53. The number of nitriles is 1. The lowest BCUT2D eigenvalue weighted by atomic mass is 9.97. The second-order valence-corrected chi connectivity index (χ2v) is 6.81. The van der Waals surface area contributed by atoms with Crippen molar-refractivity contribution in [3.63, 3.8) is 0 Å². The third-order valence-electron chi connectivity index (χ3n) is 5.09. The van der Waals surface area contributed by atoms with E-state index in [0.717, 1.165) is 42.0 Å². The van der Waals surface area contributed by atoms with Crippen LogP contribution in [0.25, 0.3) is 0 Å². The maximum atomic E-state index is 9.43. The van der Waals surface area contributed by atoms with Crippen molar-refractivity contribution in [2.45, 2.75) is 32.7 Å². The van der Waals surface area contributed by atoms with E-state index in [2.05, 4.69) is 30.0 Å². The van der Waals surface area contributed by atoms with Crippen LogP contribution < -0.4 is 4.90 Å². The van der Waals surface area contributed by atoms with Gasteiger partial charge in [0.1, 0.15) is 11.9 Å². The summed E-state index contributed by atoms with van der Waals surface area (Å²) in [4.78, 5) is 9.39. The van der Waals surface area contributed by atoms with Gasteiger partial charge >= 0.3 is 0 Å². The van der Waals surface area contributed by atoms with Crippen LogP contribution in [0, 0.1) is 37.0 Å². The average molecular weight is 357 g/mol. The molecule has 2 atom stereocenters. The van der Waals surface area contributed by atoms with Crippen molar-refractivity contribution in [3.05, 3.63) is 22.9 Å². The van der Waals surface area contributed by atoms with Gasteiger partial charge in [-0.15, -0.1) is 24.8 Å². The topological polar surface area (TPSA) is 43.2 Å². The second-order valence-electron chi connectivity index (χ2n) is 6.81. The van der Waals surface area contributed by atoms with Crippen LogP contribution in [0.5, 0.6) is 0 Å². The minimum absolute atomic E-state index is 0. The van der Waals surface area contributed by atoms with Crippen LogP contribution in [-0.2, 0) is 0 Å². The SMILES string of the molecule is Cc1cc(C#N)c(N2C[C@H](C3CC3)[C@@H](N(C)C)C2)nc1C.Cl.Cl. The number of aryl methyl sites for hydroxylation is 2. The van der Waals surface area contributed by atoms with E-state index < -0.39 is 0 Å². The molecule has 1 aliphatic heterocycles. The van der Waals surface area contributed by atoms with Gasteiger partial charge in [-0.2, -0.15) is 5.26 Å². The summed E-state index contributed by atoms with van der Waals surface area (Å²) >= 11 is 0. The van der Waals surface area contributed by atoms with Crippen LogP contribution in [0.4, 0.5) is 5.82 Å². The van der Waals surface area contributed by atoms with Crippen molar-refractivity contribution in [1.82, 2.24) is 9.88 Å². The predicted octanol–water partition coefficient (Wildman–Crippen LogP) is 3.19. The van der Waals surface area contributed by atoms with Gasteiger partial charge in [0.25, 0.3) is 0 Å². The molecular formula is C17H26Cl2N4. The first-order chi connectivity index (χ1) is 10.0. The number of likely N-dealkylation sites (N-methyl/N-ethyl adjacent to an activating group) is 1. The van der Waals surface area contributed by atoms with Crippen molar-refractivity contribution in [2.24, 2.45) is 11.8 Å². The van der Waals surface area contributed by atoms with Gasteiger partial charge < -0.3 is 9.80 Å². The van der Waals surface area contributed by atoms with E-state index in [1.54, 1.807) is 0 Å². The van der Waals surface area contributed by atoms with Gasteiger partial charge in [0, 0.05) is 24.8 Å². The highest BCUT2D eigenvalue weighted by Gasteiger charge is 2.44. The third-order valence-corrected chi connectivity index (χ3v) is 5.09.